The number of thiocarbonyl (C=S) groups is 1. The molecule has 7 heteroatoms. The van der Waals surface area contributed by atoms with Gasteiger partial charge < -0.3 is 11.1 Å². The predicted molar refractivity (Wildman–Crippen MR) is 74.7 cm³/mol. The van der Waals surface area contributed by atoms with Gasteiger partial charge in [0, 0.05) is 12.6 Å². The molecule has 2 amide bonds. The molecule has 0 radical (unpaired) electrons. The van der Waals surface area contributed by atoms with Gasteiger partial charge in [0.05, 0.1) is 5.56 Å². The van der Waals surface area contributed by atoms with Crippen molar-refractivity contribution in [1.82, 2.24) is 10.3 Å². The van der Waals surface area contributed by atoms with E-state index in [4.69, 9.17) is 18.0 Å². The summed E-state index contributed by atoms with van der Waals surface area (Å²) in [4.78, 5) is 27.2. The van der Waals surface area contributed by atoms with Gasteiger partial charge in [-0.15, -0.1) is 0 Å². The van der Waals surface area contributed by atoms with Crippen LogP contribution in [0.15, 0.2) is 12.3 Å². The van der Waals surface area contributed by atoms with Gasteiger partial charge >= 0.3 is 0 Å². The SMILES string of the molecule is Cc1ccnc(NC2CCC(=O)NC2=O)c1C(N)=S. The molecule has 2 rings (SSSR count). The van der Waals surface area contributed by atoms with Gasteiger partial charge in [0.15, 0.2) is 0 Å². The van der Waals surface area contributed by atoms with Crippen LogP contribution in [-0.4, -0.2) is 27.8 Å². The number of aryl methyl sites for hydroxylation is 1. The summed E-state index contributed by atoms with van der Waals surface area (Å²) < 4.78 is 0. The average molecular weight is 278 g/mol. The van der Waals surface area contributed by atoms with E-state index in [1.54, 1.807) is 12.3 Å². The summed E-state index contributed by atoms with van der Waals surface area (Å²) in [6, 6.07) is 1.30. The molecule has 6 nitrogen and oxygen atoms in total. The van der Waals surface area contributed by atoms with Crippen molar-refractivity contribution < 1.29 is 9.59 Å². The molecule has 1 atom stereocenters. The fourth-order valence-electron chi connectivity index (χ4n) is 1.98. The Morgan fingerprint density at radius 3 is 2.95 bits per heavy atom. The number of anilines is 1. The largest absolute Gasteiger partial charge is 0.389 e. The fraction of sp³-hybridized carbons (Fsp3) is 0.333. The number of rotatable bonds is 3. The van der Waals surface area contributed by atoms with Crippen LogP contribution in [0.4, 0.5) is 5.82 Å². The van der Waals surface area contributed by atoms with Crippen molar-refractivity contribution in [2.45, 2.75) is 25.8 Å². The number of aromatic nitrogens is 1. The van der Waals surface area contributed by atoms with Crippen molar-refractivity contribution in [1.29, 1.82) is 0 Å². The minimum atomic E-state index is -0.500. The molecule has 0 saturated carbocycles. The number of carbonyl (C=O) groups excluding carboxylic acids is 2. The topological polar surface area (TPSA) is 97.1 Å². The Kier molecular flexibility index (Phi) is 3.75. The van der Waals surface area contributed by atoms with Crippen LogP contribution in [0, 0.1) is 6.92 Å². The molecule has 2 heterocycles. The molecule has 19 heavy (non-hydrogen) atoms. The maximum atomic E-state index is 11.7. The number of nitrogens with one attached hydrogen (secondary N) is 2. The molecule has 1 saturated heterocycles. The first kappa shape index (κ1) is 13.4. The number of hydrogen-bond acceptors (Lipinski definition) is 5. The number of piperidine rings is 1. The number of carbonyl (C=O) groups is 2. The molecule has 1 aliphatic rings. The molecular weight excluding hydrogens is 264 g/mol. The normalized spacial score (nSPS) is 18.9. The summed E-state index contributed by atoms with van der Waals surface area (Å²) in [6.07, 6.45) is 2.35. The Morgan fingerprint density at radius 2 is 2.32 bits per heavy atom. The average Bonchev–Trinajstić information content (AvgIpc) is 2.32. The summed E-state index contributed by atoms with van der Waals surface area (Å²) in [6.45, 7) is 1.87. The first-order valence-corrected chi connectivity index (χ1v) is 6.25. The fourth-order valence-corrected chi connectivity index (χ4v) is 2.23. The Morgan fingerprint density at radius 1 is 1.58 bits per heavy atom. The first-order chi connectivity index (χ1) is 8.99. The van der Waals surface area contributed by atoms with Crippen molar-refractivity contribution in [3.63, 3.8) is 0 Å². The number of pyridine rings is 1. The minimum Gasteiger partial charge on any atom is -0.389 e. The third-order valence-corrected chi connectivity index (χ3v) is 3.16. The van der Waals surface area contributed by atoms with Crippen molar-refractivity contribution in [3.8, 4) is 0 Å². The summed E-state index contributed by atoms with van der Waals surface area (Å²) in [5, 5.41) is 5.28. The highest BCUT2D eigenvalue weighted by atomic mass is 32.1. The van der Waals surface area contributed by atoms with E-state index < -0.39 is 6.04 Å². The molecular formula is C12H14N4O2S. The zero-order valence-corrected chi connectivity index (χ0v) is 11.2. The number of hydrogen-bond donors (Lipinski definition) is 3. The highest BCUT2D eigenvalue weighted by Crippen LogP contribution is 2.19. The molecule has 100 valence electrons. The molecule has 1 aromatic heterocycles. The lowest BCUT2D eigenvalue weighted by Gasteiger charge is -2.23. The van der Waals surface area contributed by atoms with Gasteiger partial charge in [0.2, 0.25) is 11.8 Å². The van der Waals surface area contributed by atoms with E-state index in [2.05, 4.69) is 15.6 Å². The number of nitrogens with two attached hydrogens (primary N) is 1. The molecule has 1 fully saturated rings. The van der Waals surface area contributed by atoms with Crippen LogP contribution in [0.1, 0.15) is 24.0 Å². The van der Waals surface area contributed by atoms with E-state index in [0.29, 0.717) is 24.2 Å². The predicted octanol–water partition coefficient (Wildman–Crippen LogP) is 0.241. The van der Waals surface area contributed by atoms with Gasteiger partial charge in [-0.1, -0.05) is 12.2 Å². The highest BCUT2D eigenvalue weighted by molar-refractivity contribution is 7.80. The van der Waals surface area contributed by atoms with Crippen LogP contribution in [-0.2, 0) is 9.59 Å². The third kappa shape index (κ3) is 2.87. The Hall–Kier alpha value is -2.02. The van der Waals surface area contributed by atoms with Gasteiger partial charge in [0.1, 0.15) is 16.8 Å². The van der Waals surface area contributed by atoms with Crippen LogP contribution in [0.25, 0.3) is 0 Å². The summed E-state index contributed by atoms with van der Waals surface area (Å²) >= 11 is 5.00. The molecule has 1 aliphatic heterocycles. The van der Waals surface area contributed by atoms with Crippen LogP contribution in [0.5, 0.6) is 0 Å². The maximum absolute atomic E-state index is 11.7. The third-order valence-electron chi connectivity index (χ3n) is 2.96. The lowest BCUT2D eigenvalue weighted by molar-refractivity contribution is -0.133. The molecule has 4 N–H and O–H groups in total. The quantitative estimate of drug-likeness (QED) is 0.541. The van der Waals surface area contributed by atoms with E-state index in [0.717, 1.165) is 5.56 Å². The second-order valence-corrected chi connectivity index (χ2v) is 4.80. The van der Waals surface area contributed by atoms with E-state index >= 15 is 0 Å². The van der Waals surface area contributed by atoms with E-state index in [9.17, 15) is 9.59 Å². The number of amides is 2. The highest BCUT2D eigenvalue weighted by Gasteiger charge is 2.27. The van der Waals surface area contributed by atoms with Crippen molar-refractivity contribution in [3.05, 3.63) is 23.4 Å². The van der Waals surface area contributed by atoms with Crippen molar-refractivity contribution in [2.75, 3.05) is 5.32 Å². The van der Waals surface area contributed by atoms with Crippen LogP contribution < -0.4 is 16.4 Å². The zero-order chi connectivity index (χ0) is 14.0. The van der Waals surface area contributed by atoms with E-state index in [1.807, 2.05) is 6.92 Å². The van der Waals surface area contributed by atoms with E-state index in [-0.39, 0.29) is 16.8 Å². The zero-order valence-electron chi connectivity index (χ0n) is 10.4. The van der Waals surface area contributed by atoms with Gasteiger partial charge in [0.25, 0.3) is 0 Å². The van der Waals surface area contributed by atoms with Crippen LogP contribution in [0.2, 0.25) is 0 Å². The summed E-state index contributed by atoms with van der Waals surface area (Å²) in [5.74, 6) is -0.134. The van der Waals surface area contributed by atoms with Crippen LogP contribution in [0.3, 0.4) is 0 Å². The summed E-state index contributed by atoms with van der Waals surface area (Å²) in [5.41, 5.74) is 7.19. The molecule has 0 bridgehead atoms. The van der Waals surface area contributed by atoms with Gasteiger partial charge in [-0.3, -0.25) is 14.9 Å². The smallest absolute Gasteiger partial charge is 0.249 e. The molecule has 0 aromatic carbocycles. The molecule has 0 spiro atoms. The standard InChI is InChI=1S/C12H14N4O2S/c1-6-4-5-14-11(9(6)10(13)19)15-7-2-3-8(17)16-12(7)18/h4-5,7H,2-3H2,1H3,(H2,13,19)(H,14,15)(H,16,17,18). The first-order valence-electron chi connectivity index (χ1n) is 5.84. The number of nitrogens with zero attached hydrogens (tertiary/aromatic N) is 1. The van der Waals surface area contributed by atoms with Crippen molar-refractivity contribution >= 4 is 34.8 Å². The second-order valence-electron chi connectivity index (χ2n) is 4.36. The maximum Gasteiger partial charge on any atom is 0.249 e. The Bertz CT molecular complexity index is 559. The van der Waals surface area contributed by atoms with Gasteiger partial charge in [-0.25, -0.2) is 4.98 Å². The number of imide groups is 1. The Labute approximate surface area is 115 Å². The second kappa shape index (κ2) is 5.31. The molecule has 1 aromatic rings. The lowest BCUT2D eigenvalue weighted by atomic mass is 10.0. The Balaban J connectivity index is 2.24. The monoisotopic (exact) mass is 278 g/mol. The molecule has 1 unspecified atom stereocenters. The lowest BCUT2D eigenvalue weighted by Crippen LogP contribution is -2.47. The van der Waals surface area contributed by atoms with Crippen LogP contribution >= 0.6 is 12.2 Å². The van der Waals surface area contributed by atoms with Gasteiger partial charge in [-0.05, 0) is 25.0 Å². The van der Waals surface area contributed by atoms with Gasteiger partial charge in [-0.2, -0.15) is 0 Å². The summed E-state index contributed by atoms with van der Waals surface area (Å²) in [7, 11) is 0. The molecule has 0 aliphatic carbocycles. The minimum absolute atomic E-state index is 0.223. The van der Waals surface area contributed by atoms with Crippen molar-refractivity contribution in [2.24, 2.45) is 5.73 Å². The van der Waals surface area contributed by atoms with E-state index in [1.165, 1.54) is 0 Å².